The molecule has 1 heterocycles. The molecule has 0 spiro atoms. The molecule has 1 unspecified atom stereocenters. The highest BCUT2D eigenvalue weighted by atomic mass is 16.5. The Hall–Kier alpha value is -0.900. The fraction of sp³-hybridized carbons (Fsp3) is 0.600. The lowest BCUT2D eigenvalue weighted by molar-refractivity contribution is 0.152. The highest BCUT2D eigenvalue weighted by molar-refractivity contribution is 5.22. The van der Waals surface area contributed by atoms with Gasteiger partial charge < -0.3 is 10.1 Å². The van der Waals surface area contributed by atoms with E-state index in [1.54, 1.807) is 7.11 Å². The van der Waals surface area contributed by atoms with Crippen LogP contribution >= 0.6 is 0 Å². The van der Waals surface area contributed by atoms with Crippen LogP contribution in [0.25, 0.3) is 0 Å². The summed E-state index contributed by atoms with van der Waals surface area (Å²) in [6, 6.07) is 8.93. The molecule has 1 aromatic rings. The first-order chi connectivity index (χ1) is 8.81. The number of benzene rings is 1. The predicted molar refractivity (Wildman–Crippen MR) is 74.5 cm³/mol. The highest BCUT2D eigenvalue weighted by Gasteiger charge is 2.21. The zero-order valence-corrected chi connectivity index (χ0v) is 11.5. The molecule has 100 valence electrons. The quantitative estimate of drug-likeness (QED) is 0.832. The first kappa shape index (κ1) is 13.5. The van der Waals surface area contributed by atoms with Crippen LogP contribution in [0.2, 0.25) is 0 Å². The van der Waals surface area contributed by atoms with Crippen LogP contribution in [-0.2, 0) is 17.8 Å². The molecule has 0 aromatic heterocycles. The van der Waals surface area contributed by atoms with Crippen molar-refractivity contribution in [1.82, 2.24) is 10.2 Å². The molecule has 1 fully saturated rings. The summed E-state index contributed by atoms with van der Waals surface area (Å²) in [5, 5.41) is 3.17. The Bertz CT molecular complexity index is 350. The molecule has 0 bridgehead atoms. The lowest BCUT2D eigenvalue weighted by Gasteiger charge is -2.16. The summed E-state index contributed by atoms with van der Waals surface area (Å²) >= 11 is 0. The summed E-state index contributed by atoms with van der Waals surface area (Å²) in [5.74, 6) is 0.721. The maximum Gasteiger partial charge on any atom is 0.0503 e. The van der Waals surface area contributed by atoms with E-state index in [0.717, 1.165) is 25.6 Å². The molecule has 1 aromatic carbocycles. The van der Waals surface area contributed by atoms with E-state index in [4.69, 9.17) is 4.74 Å². The third-order valence-corrected chi connectivity index (χ3v) is 3.58. The van der Waals surface area contributed by atoms with Crippen molar-refractivity contribution in [2.75, 3.05) is 33.9 Å². The largest absolute Gasteiger partial charge is 0.384 e. The molecule has 1 atom stereocenters. The molecule has 3 nitrogen and oxygen atoms in total. The van der Waals surface area contributed by atoms with Crippen molar-refractivity contribution >= 4 is 0 Å². The zero-order valence-electron chi connectivity index (χ0n) is 11.5. The van der Waals surface area contributed by atoms with Gasteiger partial charge in [0.25, 0.3) is 0 Å². The fourth-order valence-corrected chi connectivity index (χ4v) is 2.65. The Morgan fingerprint density at radius 2 is 2.00 bits per heavy atom. The summed E-state index contributed by atoms with van der Waals surface area (Å²) < 4.78 is 5.23. The standard InChI is InChI=1S/C15H24N2O/c1-16-9-13-3-5-14(6-4-13)10-17-8-7-15(11-17)12-18-2/h3-6,15-16H,7-12H2,1-2H3. The maximum absolute atomic E-state index is 5.23. The van der Waals surface area contributed by atoms with Crippen molar-refractivity contribution in [3.63, 3.8) is 0 Å². The van der Waals surface area contributed by atoms with Crippen LogP contribution in [0.3, 0.4) is 0 Å². The number of nitrogens with zero attached hydrogens (tertiary/aromatic N) is 1. The van der Waals surface area contributed by atoms with Crippen molar-refractivity contribution in [3.05, 3.63) is 35.4 Å². The first-order valence-corrected chi connectivity index (χ1v) is 6.75. The molecule has 1 saturated heterocycles. The molecule has 0 amide bonds. The Balaban J connectivity index is 1.82. The SMILES string of the molecule is CNCc1ccc(CN2CCC(COC)C2)cc1. The van der Waals surface area contributed by atoms with Gasteiger partial charge in [-0.05, 0) is 37.1 Å². The fourth-order valence-electron chi connectivity index (χ4n) is 2.65. The number of methoxy groups -OCH3 is 1. The molecular weight excluding hydrogens is 224 g/mol. The summed E-state index contributed by atoms with van der Waals surface area (Å²) in [7, 11) is 3.78. The molecule has 0 saturated carbocycles. The average Bonchev–Trinajstić information content (AvgIpc) is 2.80. The number of hydrogen-bond acceptors (Lipinski definition) is 3. The van der Waals surface area contributed by atoms with Crippen LogP contribution in [0.1, 0.15) is 17.5 Å². The lowest BCUT2D eigenvalue weighted by Crippen LogP contribution is -2.21. The molecule has 18 heavy (non-hydrogen) atoms. The minimum atomic E-state index is 0.721. The molecule has 3 heteroatoms. The van der Waals surface area contributed by atoms with Crippen molar-refractivity contribution in [2.45, 2.75) is 19.5 Å². The molecule has 1 aliphatic rings. The molecule has 2 rings (SSSR count). The topological polar surface area (TPSA) is 24.5 Å². The first-order valence-electron chi connectivity index (χ1n) is 6.75. The van der Waals surface area contributed by atoms with E-state index in [2.05, 4.69) is 34.5 Å². The van der Waals surface area contributed by atoms with Crippen LogP contribution in [0, 0.1) is 5.92 Å². The Morgan fingerprint density at radius 1 is 1.28 bits per heavy atom. The van der Waals surface area contributed by atoms with Gasteiger partial charge in [-0.25, -0.2) is 0 Å². The smallest absolute Gasteiger partial charge is 0.0503 e. The Morgan fingerprint density at radius 3 is 2.67 bits per heavy atom. The van der Waals surface area contributed by atoms with E-state index in [1.165, 1.54) is 30.6 Å². The van der Waals surface area contributed by atoms with Gasteiger partial charge in [0, 0.05) is 26.7 Å². The van der Waals surface area contributed by atoms with Gasteiger partial charge in [-0.15, -0.1) is 0 Å². The molecular formula is C15H24N2O. The Labute approximate surface area is 110 Å². The van der Waals surface area contributed by atoms with Gasteiger partial charge >= 0.3 is 0 Å². The summed E-state index contributed by atoms with van der Waals surface area (Å²) in [6.07, 6.45) is 1.27. The molecule has 1 N–H and O–H groups in total. The van der Waals surface area contributed by atoms with Gasteiger partial charge in [-0.2, -0.15) is 0 Å². The number of nitrogens with one attached hydrogen (secondary N) is 1. The minimum Gasteiger partial charge on any atom is -0.384 e. The second-order valence-corrected chi connectivity index (χ2v) is 5.19. The van der Waals surface area contributed by atoms with Crippen LogP contribution < -0.4 is 5.32 Å². The van der Waals surface area contributed by atoms with E-state index in [1.807, 2.05) is 7.05 Å². The minimum absolute atomic E-state index is 0.721. The van der Waals surface area contributed by atoms with Crippen LogP contribution in [0.5, 0.6) is 0 Å². The number of likely N-dealkylation sites (tertiary alicyclic amines) is 1. The Kier molecular flexibility index (Phi) is 5.17. The summed E-state index contributed by atoms with van der Waals surface area (Å²) in [6.45, 7) is 5.29. The van der Waals surface area contributed by atoms with Crippen molar-refractivity contribution in [3.8, 4) is 0 Å². The second kappa shape index (κ2) is 6.88. The number of rotatable bonds is 6. The molecule has 0 aliphatic carbocycles. The van der Waals surface area contributed by atoms with Gasteiger partial charge in [0.1, 0.15) is 0 Å². The van der Waals surface area contributed by atoms with Crippen LogP contribution in [-0.4, -0.2) is 38.8 Å². The van der Waals surface area contributed by atoms with Crippen molar-refractivity contribution in [1.29, 1.82) is 0 Å². The normalized spacial score (nSPS) is 20.4. The number of ether oxygens (including phenoxy) is 1. The number of hydrogen-bond donors (Lipinski definition) is 1. The van der Waals surface area contributed by atoms with Crippen molar-refractivity contribution < 1.29 is 4.74 Å². The van der Waals surface area contributed by atoms with Gasteiger partial charge in [-0.1, -0.05) is 24.3 Å². The van der Waals surface area contributed by atoms with E-state index >= 15 is 0 Å². The third kappa shape index (κ3) is 3.80. The van der Waals surface area contributed by atoms with Gasteiger partial charge in [0.15, 0.2) is 0 Å². The summed E-state index contributed by atoms with van der Waals surface area (Å²) in [4.78, 5) is 2.52. The summed E-state index contributed by atoms with van der Waals surface area (Å²) in [5.41, 5.74) is 2.76. The third-order valence-electron chi connectivity index (χ3n) is 3.58. The monoisotopic (exact) mass is 248 g/mol. The van der Waals surface area contributed by atoms with E-state index in [0.29, 0.717) is 0 Å². The maximum atomic E-state index is 5.23. The van der Waals surface area contributed by atoms with E-state index in [9.17, 15) is 0 Å². The molecule has 1 aliphatic heterocycles. The van der Waals surface area contributed by atoms with Crippen LogP contribution in [0.15, 0.2) is 24.3 Å². The zero-order chi connectivity index (χ0) is 12.8. The van der Waals surface area contributed by atoms with Gasteiger partial charge in [0.05, 0.1) is 6.61 Å². The highest BCUT2D eigenvalue weighted by Crippen LogP contribution is 2.19. The lowest BCUT2D eigenvalue weighted by atomic mass is 10.1. The van der Waals surface area contributed by atoms with Gasteiger partial charge in [0.2, 0.25) is 0 Å². The van der Waals surface area contributed by atoms with E-state index in [-0.39, 0.29) is 0 Å². The average molecular weight is 248 g/mol. The predicted octanol–water partition coefficient (Wildman–Crippen LogP) is 1.87. The second-order valence-electron chi connectivity index (χ2n) is 5.19. The van der Waals surface area contributed by atoms with Crippen LogP contribution in [0.4, 0.5) is 0 Å². The van der Waals surface area contributed by atoms with Gasteiger partial charge in [-0.3, -0.25) is 4.90 Å². The van der Waals surface area contributed by atoms with E-state index < -0.39 is 0 Å². The van der Waals surface area contributed by atoms with Crippen molar-refractivity contribution in [2.24, 2.45) is 5.92 Å². The molecule has 0 radical (unpaired) electrons.